The van der Waals surface area contributed by atoms with Crippen LogP contribution in [0.4, 0.5) is 5.69 Å². The first kappa shape index (κ1) is 39.6. The number of aromatic carboxylic acids is 1. The molecule has 0 aromatic heterocycles. The number of carbonyl (C=O) groups is 2. The molecule has 57 heavy (non-hydrogen) atoms. The molecule has 0 aliphatic carbocycles. The topological polar surface area (TPSA) is 173 Å². The van der Waals surface area contributed by atoms with Crippen molar-refractivity contribution in [3.63, 3.8) is 0 Å². The molecule has 0 fully saturated rings. The number of nitrogens with zero attached hydrogens (tertiary/aromatic N) is 1. The minimum absolute atomic E-state index is 0.0460. The van der Waals surface area contributed by atoms with Gasteiger partial charge >= 0.3 is 11.9 Å². The fraction of sp³-hybridized carbons (Fsp3) is 0.136. The van der Waals surface area contributed by atoms with E-state index in [4.69, 9.17) is 29.2 Å². The molecule has 0 radical (unpaired) electrons. The standard InChI is InChI=1S/C44H37NO12/c1-28-6-4-7-29(26-52-51)39(28)27-53-57-37-24-22-35(23-25-37)55-33-16-12-31(13-17-33)44(2,3)30-10-14-32(15-11-30)54-34-18-20-36(21-19-34)56-43(48)41-38(42(46)47)8-5-9-40(41)45(49)50/h4-25,51H,26-27H2,1-3H3,(H,46,47). The summed E-state index contributed by atoms with van der Waals surface area (Å²) in [5.74, 6) is 0.163. The molecule has 0 aliphatic heterocycles. The first-order valence-electron chi connectivity index (χ1n) is 17.6. The van der Waals surface area contributed by atoms with Crippen molar-refractivity contribution < 1.29 is 53.7 Å². The van der Waals surface area contributed by atoms with Crippen molar-refractivity contribution in [2.45, 2.75) is 39.4 Å². The van der Waals surface area contributed by atoms with E-state index in [1.165, 1.54) is 18.2 Å². The Hall–Kier alpha value is -7.06. The van der Waals surface area contributed by atoms with Gasteiger partial charge in [-0.1, -0.05) is 62.4 Å². The Morgan fingerprint density at radius 3 is 1.67 bits per heavy atom. The summed E-state index contributed by atoms with van der Waals surface area (Å²) in [6, 6.07) is 37.5. The van der Waals surface area contributed by atoms with Gasteiger partial charge in [0.1, 0.15) is 42.0 Å². The van der Waals surface area contributed by atoms with Crippen LogP contribution in [-0.2, 0) is 28.4 Å². The number of benzene rings is 6. The second kappa shape index (κ2) is 17.6. The molecule has 13 nitrogen and oxygen atoms in total. The molecule has 0 aliphatic rings. The number of carboxylic acid groups (broad SMARTS) is 1. The minimum atomic E-state index is -1.49. The zero-order chi connectivity index (χ0) is 40.5. The number of esters is 1. The molecule has 6 rings (SSSR count). The zero-order valence-corrected chi connectivity index (χ0v) is 31.0. The molecule has 0 bridgehead atoms. The highest BCUT2D eigenvalue weighted by atomic mass is 17.2. The van der Waals surface area contributed by atoms with Crippen LogP contribution < -0.4 is 19.1 Å². The molecule has 0 amide bonds. The summed E-state index contributed by atoms with van der Waals surface area (Å²) < 4.78 is 17.3. The third-order valence-corrected chi connectivity index (χ3v) is 9.24. The van der Waals surface area contributed by atoms with Crippen molar-refractivity contribution in [2.75, 3.05) is 0 Å². The SMILES string of the molecule is Cc1cccc(COO)c1COOc1ccc(Oc2ccc(C(C)(C)c3ccc(Oc4ccc(OC(=O)c5c(C(=O)O)cccc5[N+](=O)[O-])cc4)cc3)cc2)cc1. The van der Waals surface area contributed by atoms with E-state index in [9.17, 15) is 24.8 Å². The highest BCUT2D eigenvalue weighted by Gasteiger charge is 2.29. The van der Waals surface area contributed by atoms with Gasteiger partial charge in [-0.05, 0) is 114 Å². The number of ether oxygens (including phenoxy) is 3. The van der Waals surface area contributed by atoms with Crippen LogP contribution in [0.25, 0.3) is 0 Å². The Bertz CT molecular complexity index is 2320. The van der Waals surface area contributed by atoms with Gasteiger partial charge in [-0.15, -0.1) is 0 Å². The molecule has 290 valence electrons. The maximum absolute atomic E-state index is 12.8. The third-order valence-electron chi connectivity index (χ3n) is 9.24. The van der Waals surface area contributed by atoms with E-state index in [0.717, 1.165) is 39.9 Å². The second-order valence-electron chi connectivity index (χ2n) is 13.3. The fourth-order valence-electron chi connectivity index (χ4n) is 6.03. The van der Waals surface area contributed by atoms with Crippen molar-refractivity contribution in [2.24, 2.45) is 0 Å². The second-order valence-corrected chi connectivity index (χ2v) is 13.3. The molecular weight excluding hydrogens is 734 g/mol. The number of aryl methyl sites for hydroxylation is 1. The highest BCUT2D eigenvalue weighted by molar-refractivity contribution is 6.06. The molecule has 0 spiro atoms. The number of hydrogen-bond donors (Lipinski definition) is 2. The summed E-state index contributed by atoms with van der Waals surface area (Å²) in [6.07, 6.45) is 0. The van der Waals surface area contributed by atoms with E-state index in [-0.39, 0.29) is 24.4 Å². The van der Waals surface area contributed by atoms with Crippen LogP contribution in [0.15, 0.2) is 133 Å². The molecule has 0 saturated heterocycles. The first-order chi connectivity index (χ1) is 27.4. The Kier molecular flexibility index (Phi) is 12.2. The molecule has 0 heterocycles. The Balaban J connectivity index is 1.02. The maximum Gasteiger partial charge on any atom is 0.351 e. The first-order valence-corrected chi connectivity index (χ1v) is 17.6. The van der Waals surface area contributed by atoms with Gasteiger partial charge in [0.25, 0.3) is 5.69 Å². The van der Waals surface area contributed by atoms with Crippen LogP contribution in [0.2, 0.25) is 0 Å². The van der Waals surface area contributed by atoms with Gasteiger partial charge in [-0.25, -0.2) is 14.5 Å². The van der Waals surface area contributed by atoms with Crippen LogP contribution in [-0.4, -0.2) is 27.2 Å². The van der Waals surface area contributed by atoms with Crippen LogP contribution >= 0.6 is 0 Å². The largest absolute Gasteiger partial charge is 0.478 e. The van der Waals surface area contributed by atoms with Crippen molar-refractivity contribution in [3.8, 4) is 34.5 Å². The monoisotopic (exact) mass is 771 g/mol. The molecule has 6 aromatic carbocycles. The van der Waals surface area contributed by atoms with Crippen LogP contribution in [0.5, 0.6) is 34.5 Å². The lowest BCUT2D eigenvalue weighted by atomic mass is 9.78. The average Bonchev–Trinajstić information content (AvgIpc) is 3.20. The lowest BCUT2D eigenvalue weighted by Gasteiger charge is -2.26. The predicted octanol–water partition coefficient (Wildman–Crippen LogP) is 10.2. The highest BCUT2D eigenvalue weighted by Crippen LogP contribution is 2.35. The third kappa shape index (κ3) is 9.61. The summed E-state index contributed by atoms with van der Waals surface area (Å²) in [4.78, 5) is 50.2. The van der Waals surface area contributed by atoms with Crippen molar-refractivity contribution in [1.82, 2.24) is 0 Å². The van der Waals surface area contributed by atoms with E-state index >= 15 is 0 Å². The predicted molar refractivity (Wildman–Crippen MR) is 207 cm³/mol. The normalized spacial score (nSPS) is 11.1. The number of nitro benzene ring substituents is 1. The van der Waals surface area contributed by atoms with E-state index in [0.29, 0.717) is 28.7 Å². The van der Waals surface area contributed by atoms with E-state index in [2.05, 4.69) is 18.7 Å². The van der Waals surface area contributed by atoms with Crippen molar-refractivity contribution in [3.05, 3.63) is 183 Å². The number of nitro groups is 1. The Labute approximate surface area is 327 Å². The fourth-order valence-corrected chi connectivity index (χ4v) is 6.03. The van der Waals surface area contributed by atoms with Gasteiger partial charge < -0.3 is 24.2 Å². The summed E-state index contributed by atoms with van der Waals surface area (Å²) in [6.45, 7) is 6.40. The van der Waals surface area contributed by atoms with E-state index in [1.807, 2.05) is 73.7 Å². The Morgan fingerprint density at radius 2 is 1.16 bits per heavy atom. The lowest BCUT2D eigenvalue weighted by molar-refractivity contribution is -0.385. The number of hydrogen-bond acceptors (Lipinski definition) is 11. The van der Waals surface area contributed by atoms with Gasteiger partial charge in [0.15, 0.2) is 11.3 Å². The quantitative estimate of drug-likeness (QED) is 0.0314. The Morgan fingerprint density at radius 1 is 0.667 bits per heavy atom. The van der Waals surface area contributed by atoms with Gasteiger partial charge in [-0.3, -0.25) is 15.4 Å². The smallest absolute Gasteiger partial charge is 0.351 e. The lowest BCUT2D eigenvalue weighted by Crippen LogP contribution is -2.18. The molecule has 0 atom stereocenters. The summed E-state index contributed by atoms with van der Waals surface area (Å²) in [5.41, 5.74) is 2.56. The van der Waals surface area contributed by atoms with Crippen LogP contribution in [0.1, 0.15) is 62.4 Å². The van der Waals surface area contributed by atoms with Gasteiger partial charge in [-0.2, -0.15) is 4.89 Å². The number of rotatable bonds is 16. The van der Waals surface area contributed by atoms with Gasteiger partial charge in [0.2, 0.25) is 0 Å². The molecule has 0 unspecified atom stereocenters. The average molecular weight is 772 g/mol. The van der Waals surface area contributed by atoms with Crippen molar-refractivity contribution in [1.29, 1.82) is 0 Å². The van der Waals surface area contributed by atoms with Gasteiger partial charge in [0.05, 0.1) is 10.5 Å². The zero-order valence-electron chi connectivity index (χ0n) is 31.0. The molecule has 6 aromatic rings. The molecule has 13 heteroatoms. The summed E-state index contributed by atoms with van der Waals surface area (Å²) in [7, 11) is 0. The molecule has 2 N–H and O–H groups in total. The van der Waals surface area contributed by atoms with E-state index in [1.54, 1.807) is 36.4 Å². The van der Waals surface area contributed by atoms with Crippen molar-refractivity contribution >= 4 is 17.6 Å². The summed E-state index contributed by atoms with van der Waals surface area (Å²) in [5, 5.41) is 29.7. The maximum atomic E-state index is 12.8. The molecular formula is C44H37NO12. The number of carbonyl (C=O) groups excluding carboxylic acids is 1. The van der Waals surface area contributed by atoms with Crippen LogP contribution in [0, 0.1) is 17.0 Å². The molecule has 0 saturated carbocycles. The summed E-state index contributed by atoms with van der Waals surface area (Å²) >= 11 is 0. The van der Waals surface area contributed by atoms with Crippen LogP contribution in [0.3, 0.4) is 0 Å². The minimum Gasteiger partial charge on any atom is -0.478 e. The van der Waals surface area contributed by atoms with E-state index < -0.39 is 33.7 Å². The van der Waals surface area contributed by atoms with Gasteiger partial charge in [0, 0.05) is 11.5 Å². The number of carboxylic acids is 1.